The standard InChI is InChI=1S/C9H16N4O/c1-9(2,3)14-7-5-6(11-4)12-8(10)13-7/h5H,1-4H3,(H3,10,11,12,13). The number of rotatable bonds is 2. The summed E-state index contributed by atoms with van der Waals surface area (Å²) in [5.74, 6) is 1.34. The number of nitrogen functional groups attached to an aromatic ring is 1. The Morgan fingerprint density at radius 2 is 2.00 bits per heavy atom. The Morgan fingerprint density at radius 1 is 1.36 bits per heavy atom. The van der Waals surface area contributed by atoms with Crippen molar-refractivity contribution in [3.8, 4) is 5.88 Å². The van der Waals surface area contributed by atoms with E-state index in [1.165, 1.54) is 0 Å². The van der Waals surface area contributed by atoms with Crippen LogP contribution in [0.4, 0.5) is 11.8 Å². The Labute approximate surface area is 83.7 Å². The van der Waals surface area contributed by atoms with Crippen molar-refractivity contribution in [2.24, 2.45) is 0 Å². The highest BCUT2D eigenvalue weighted by atomic mass is 16.5. The van der Waals surface area contributed by atoms with E-state index in [-0.39, 0.29) is 11.5 Å². The third kappa shape index (κ3) is 3.08. The fraction of sp³-hybridized carbons (Fsp3) is 0.556. The minimum atomic E-state index is -0.286. The Kier molecular flexibility index (Phi) is 2.78. The summed E-state index contributed by atoms with van der Waals surface area (Å²) in [6.45, 7) is 5.85. The number of ether oxygens (including phenoxy) is 1. The molecule has 0 saturated heterocycles. The number of nitrogens with zero attached hydrogens (tertiary/aromatic N) is 2. The molecule has 0 saturated carbocycles. The van der Waals surface area contributed by atoms with E-state index < -0.39 is 0 Å². The molecule has 0 unspecified atom stereocenters. The van der Waals surface area contributed by atoms with E-state index in [2.05, 4.69) is 15.3 Å². The van der Waals surface area contributed by atoms with Gasteiger partial charge in [0, 0.05) is 13.1 Å². The Bertz CT molecular complexity index is 319. The van der Waals surface area contributed by atoms with Crippen LogP contribution in [0.25, 0.3) is 0 Å². The van der Waals surface area contributed by atoms with Gasteiger partial charge in [-0.05, 0) is 20.8 Å². The molecule has 5 nitrogen and oxygen atoms in total. The molecule has 0 bridgehead atoms. The zero-order valence-corrected chi connectivity index (χ0v) is 8.96. The minimum Gasteiger partial charge on any atom is -0.472 e. The molecule has 78 valence electrons. The number of aromatic nitrogens is 2. The van der Waals surface area contributed by atoms with Gasteiger partial charge < -0.3 is 15.8 Å². The van der Waals surface area contributed by atoms with Gasteiger partial charge in [-0.25, -0.2) is 0 Å². The first-order valence-electron chi connectivity index (χ1n) is 4.42. The third-order valence-corrected chi connectivity index (χ3v) is 1.39. The van der Waals surface area contributed by atoms with Gasteiger partial charge in [0.05, 0.1) is 0 Å². The number of hydrogen-bond donors (Lipinski definition) is 2. The van der Waals surface area contributed by atoms with Crippen molar-refractivity contribution in [3.63, 3.8) is 0 Å². The van der Waals surface area contributed by atoms with E-state index in [0.717, 1.165) is 0 Å². The molecule has 0 spiro atoms. The average molecular weight is 196 g/mol. The summed E-state index contributed by atoms with van der Waals surface area (Å²) in [5, 5.41) is 2.88. The summed E-state index contributed by atoms with van der Waals surface area (Å²) in [7, 11) is 1.77. The zero-order valence-electron chi connectivity index (χ0n) is 8.96. The van der Waals surface area contributed by atoms with Gasteiger partial charge in [0.1, 0.15) is 11.4 Å². The molecule has 0 fully saturated rings. The van der Waals surface area contributed by atoms with Crippen LogP contribution in [0.2, 0.25) is 0 Å². The van der Waals surface area contributed by atoms with Crippen LogP contribution in [-0.4, -0.2) is 22.6 Å². The van der Waals surface area contributed by atoms with Crippen molar-refractivity contribution in [3.05, 3.63) is 6.07 Å². The fourth-order valence-corrected chi connectivity index (χ4v) is 0.937. The van der Waals surface area contributed by atoms with Crippen LogP contribution >= 0.6 is 0 Å². The second kappa shape index (κ2) is 3.69. The second-order valence-corrected chi connectivity index (χ2v) is 3.91. The predicted molar refractivity (Wildman–Crippen MR) is 56.4 cm³/mol. The number of nitrogens with one attached hydrogen (secondary N) is 1. The maximum Gasteiger partial charge on any atom is 0.225 e. The van der Waals surface area contributed by atoms with Crippen LogP contribution < -0.4 is 15.8 Å². The van der Waals surface area contributed by atoms with E-state index in [1.54, 1.807) is 13.1 Å². The second-order valence-electron chi connectivity index (χ2n) is 3.91. The SMILES string of the molecule is CNc1cc(OC(C)(C)C)nc(N)n1. The molecule has 0 atom stereocenters. The molecule has 1 aromatic rings. The third-order valence-electron chi connectivity index (χ3n) is 1.39. The highest BCUT2D eigenvalue weighted by Crippen LogP contribution is 2.18. The lowest BCUT2D eigenvalue weighted by Gasteiger charge is -2.20. The largest absolute Gasteiger partial charge is 0.472 e. The Morgan fingerprint density at radius 3 is 2.50 bits per heavy atom. The molecule has 0 aromatic carbocycles. The summed E-state index contributed by atoms with van der Waals surface area (Å²) in [6, 6.07) is 1.71. The molecule has 0 amide bonds. The Balaban J connectivity index is 2.92. The first-order valence-corrected chi connectivity index (χ1v) is 4.42. The summed E-state index contributed by atoms with van der Waals surface area (Å²) in [4.78, 5) is 7.93. The van der Waals surface area contributed by atoms with Crippen LogP contribution in [0.15, 0.2) is 6.07 Å². The highest BCUT2D eigenvalue weighted by Gasteiger charge is 2.13. The van der Waals surface area contributed by atoms with Gasteiger partial charge in [0.15, 0.2) is 0 Å². The normalized spacial score (nSPS) is 11.1. The number of hydrogen-bond acceptors (Lipinski definition) is 5. The Hall–Kier alpha value is -1.52. The summed E-state index contributed by atoms with van der Waals surface area (Å²) in [6.07, 6.45) is 0. The molecule has 0 aliphatic rings. The molecule has 5 heteroatoms. The van der Waals surface area contributed by atoms with Crippen molar-refractivity contribution in [1.29, 1.82) is 0 Å². The minimum absolute atomic E-state index is 0.205. The average Bonchev–Trinajstić information content (AvgIpc) is 1.99. The van der Waals surface area contributed by atoms with Gasteiger partial charge in [0.25, 0.3) is 0 Å². The first kappa shape index (κ1) is 10.6. The van der Waals surface area contributed by atoms with Crippen molar-refractivity contribution in [2.45, 2.75) is 26.4 Å². The van der Waals surface area contributed by atoms with Gasteiger partial charge in [-0.2, -0.15) is 9.97 Å². The summed E-state index contributed by atoms with van der Waals surface area (Å²) >= 11 is 0. The maximum absolute atomic E-state index is 5.55. The van der Waals surface area contributed by atoms with E-state index in [9.17, 15) is 0 Å². The van der Waals surface area contributed by atoms with Crippen LogP contribution in [0, 0.1) is 0 Å². The number of anilines is 2. The lowest BCUT2D eigenvalue weighted by atomic mass is 10.2. The zero-order chi connectivity index (χ0) is 10.8. The van der Waals surface area contributed by atoms with Crippen LogP contribution in [-0.2, 0) is 0 Å². The molecular weight excluding hydrogens is 180 g/mol. The predicted octanol–water partition coefficient (Wildman–Crippen LogP) is 1.28. The van der Waals surface area contributed by atoms with Crippen molar-refractivity contribution >= 4 is 11.8 Å². The maximum atomic E-state index is 5.55. The fourth-order valence-electron chi connectivity index (χ4n) is 0.937. The van der Waals surface area contributed by atoms with Crippen LogP contribution in [0.5, 0.6) is 5.88 Å². The van der Waals surface area contributed by atoms with Gasteiger partial charge >= 0.3 is 0 Å². The van der Waals surface area contributed by atoms with Gasteiger partial charge in [-0.15, -0.1) is 0 Å². The summed E-state index contributed by atoms with van der Waals surface area (Å²) in [5.41, 5.74) is 5.23. The monoisotopic (exact) mass is 196 g/mol. The van der Waals surface area contributed by atoms with Crippen molar-refractivity contribution in [1.82, 2.24) is 9.97 Å². The van der Waals surface area contributed by atoms with E-state index in [4.69, 9.17) is 10.5 Å². The molecular formula is C9H16N4O. The molecule has 0 aliphatic heterocycles. The smallest absolute Gasteiger partial charge is 0.225 e. The molecule has 3 N–H and O–H groups in total. The quantitative estimate of drug-likeness (QED) is 0.745. The van der Waals surface area contributed by atoms with E-state index >= 15 is 0 Å². The number of nitrogens with two attached hydrogens (primary N) is 1. The van der Waals surface area contributed by atoms with E-state index in [0.29, 0.717) is 11.7 Å². The van der Waals surface area contributed by atoms with Crippen molar-refractivity contribution in [2.75, 3.05) is 18.1 Å². The van der Waals surface area contributed by atoms with Gasteiger partial charge in [-0.1, -0.05) is 0 Å². The lowest BCUT2D eigenvalue weighted by Crippen LogP contribution is -2.23. The molecule has 0 radical (unpaired) electrons. The van der Waals surface area contributed by atoms with Crippen LogP contribution in [0.1, 0.15) is 20.8 Å². The van der Waals surface area contributed by atoms with Gasteiger partial charge in [-0.3, -0.25) is 0 Å². The first-order chi connectivity index (χ1) is 6.40. The van der Waals surface area contributed by atoms with Crippen LogP contribution in [0.3, 0.4) is 0 Å². The molecule has 0 aliphatic carbocycles. The highest BCUT2D eigenvalue weighted by molar-refractivity contribution is 5.42. The van der Waals surface area contributed by atoms with Crippen molar-refractivity contribution < 1.29 is 4.74 Å². The summed E-state index contributed by atoms with van der Waals surface area (Å²) < 4.78 is 5.55. The lowest BCUT2D eigenvalue weighted by molar-refractivity contribution is 0.124. The topological polar surface area (TPSA) is 73.1 Å². The molecule has 1 aromatic heterocycles. The molecule has 1 rings (SSSR count). The van der Waals surface area contributed by atoms with Gasteiger partial charge in [0.2, 0.25) is 11.8 Å². The molecule has 1 heterocycles. The van der Waals surface area contributed by atoms with E-state index in [1.807, 2.05) is 20.8 Å². The molecule has 14 heavy (non-hydrogen) atoms.